The molecule has 3 unspecified atom stereocenters. The minimum absolute atomic E-state index is 0.0712. The fourth-order valence-corrected chi connectivity index (χ4v) is 5.70. The van der Waals surface area contributed by atoms with Crippen molar-refractivity contribution >= 4 is 35.7 Å². The summed E-state index contributed by atoms with van der Waals surface area (Å²) >= 11 is 6.45. The van der Waals surface area contributed by atoms with Crippen LogP contribution in [-0.2, 0) is 32.2 Å². The second kappa shape index (κ2) is 12.0. The molecule has 4 bridgehead atoms. The average molecular weight is 594 g/mol. The van der Waals surface area contributed by atoms with E-state index in [4.69, 9.17) is 25.8 Å². The summed E-state index contributed by atoms with van der Waals surface area (Å²) in [5, 5.41) is 13.1. The van der Waals surface area contributed by atoms with Crippen LogP contribution in [0, 0.1) is 10.8 Å². The molecule has 0 aromatic heterocycles. The number of nitrogens with one attached hydrogen (secondary N) is 1. The van der Waals surface area contributed by atoms with Gasteiger partial charge in [-0.25, -0.2) is 14.4 Å². The van der Waals surface area contributed by atoms with Gasteiger partial charge >= 0.3 is 18.2 Å². The molecule has 3 aliphatic rings. The van der Waals surface area contributed by atoms with E-state index in [-0.39, 0.29) is 38.1 Å². The molecular weight excluding hydrogens is 554 g/mol. The predicted octanol–water partition coefficient (Wildman–Crippen LogP) is 4.58. The van der Waals surface area contributed by atoms with Crippen LogP contribution in [0.2, 0.25) is 5.02 Å². The quantitative estimate of drug-likeness (QED) is 0.483. The molecule has 1 aromatic rings. The van der Waals surface area contributed by atoms with Gasteiger partial charge in [-0.05, 0) is 47.8 Å². The number of halogens is 1. The standard InChI is InChI=1S/C29H40ClN3O8/c1-28(2,3)23-24(34)33-13-17(12-21(33)25(35)36)41-27(38)32-14-18-19(15-32)22(9-8-20(18)30)39-11-7-6-10-29(4,5)16-40-26(37)31-23/h8-9,17,21,23H,6-7,10-16H2,1-5H3,(H,31,37)(H,35,36). The van der Waals surface area contributed by atoms with Crippen molar-refractivity contribution in [3.05, 3.63) is 28.3 Å². The van der Waals surface area contributed by atoms with Crippen molar-refractivity contribution in [1.82, 2.24) is 15.1 Å². The van der Waals surface area contributed by atoms with Gasteiger partial charge in [-0.15, -0.1) is 0 Å². The van der Waals surface area contributed by atoms with Crippen molar-refractivity contribution in [2.45, 2.75) is 91.6 Å². The summed E-state index contributed by atoms with van der Waals surface area (Å²) in [5.41, 5.74) is 0.542. The summed E-state index contributed by atoms with van der Waals surface area (Å²) in [6.45, 7) is 10.3. The lowest BCUT2D eigenvalue weighted by atomic mass is 9.85. The van der Waals surface area contributed by atoms with Gasteiger partial charge in [0.05, 0.1) is 32.8 Å². The summed E-state index contributed by atoms with van der Waals surface area (Å²) in [4.78, 5) is 54.5. The maximum Gasteiger partial charge on any atom is 0.410 e. The third kappa shape index (κ3) is 7.17. The first-order chi connectivity index (χ1) is 19.2. The summed E-state index contributed by atoms with van der Waals surface area (Å²) in [7, 11) is 0. The number of carboxylic acids is 1. The van der Waals surface area contributed by atoms with E-state index in [1.165, 1.54) is 9.80 Å². The van der Waals surface area contributed by atoms with E-state index in [2.05, 4.69) is 5.32 Å². The number of aliphatic carboxylic acids is 1. The van der Waals surface area contributed by atoms with E-state index >= 15 is 0 Å². The number of carbonyl (C=O) groups excluding carboxylic acids is 3. The van der Waals surface area contributed by atoms with E-state index in [1.807, 2.05) is 13.8 Å². The SMILES string of the molecule is CC1(C)CCCCOc2ccc(Cl)c3c2CN(C3)C(=O)OC2CC(C(=O)O)N(C2)C(=O)C(C(C)(C)C)NC(=O)OC1. The van der Waals surface area contributed by atoms with Gasteiger partial charge in [-0.3, -0.25) is 9.69 Å². The zero-order chi connectivity index (χ0) is 30.1. The molecule has 41 heavy (non-hydrogen) atoms. The van der Waals surface area contributed by atoms with E-state index in [0.29, 0.717) is 17.4 Å². The Kier molecular flexibility index (Phi) is 8.96. The molecule has 3 heterocycles. The van der Waals surface area contributed by atoms with Crippen molar-refractivity contribution in [3.8, 4) is 5.75 Å². The van der Waals surface area contributed by atoms with Gasteiger partial charge in [-0.1, -0.05) is 46.2 Å². The number of hydrogen-bond donors (Lipinski definition) is 2. The zero-order valence-corrected chi connectivity index (χ0v) is 25.1. The number of nitrogens with zero attached hydrogens (tertiary/aromatic N) is 2. The molecule has 1 fully saturated rings. The molecule has 1 aromatic carbocycles. The average Bonchev–Trinajstić information content (AvgIpc) is 3.52. The number of rotatable bonds is 1. The Morgan fingerprint density at radius 3 is 2.49 bits per heavy atom. The summed E-state index contributed by atoms with van der Waals surface area (Å²) in [6.07, 6.45) is 0.0958. The van der Waals surface area contributed by atoms with Crippen LogP contribution in [-0.4, -0.2) is 76.9 Å². The lowest BCUT2D eigenvalue weighted by Crippen LogP contribution is -2.57. The number of benzene rings is 1. The molecule has 226 valence electrons. The van der Waals surface area contributed by atoms with Gasteiger partial charge in [0, 0.05) is 17.0 Å². The van der Waals surface area contributed by atoms with Crippen LogP contribution in [0.25, 0.3) is 0 Å². The molecule has 0 radical (unpaired) electrons. The lowest BCUT2D eigenvalue weighted by Gasteiger charge is -2.34. The predicted molar refractivity (Wildman–Crippen MR) is 150 cm³/mol. The third-order valence-electron chi connectivity index (χ3n) is 7.86. The van der Waals surface area contributed by atoms with Crippen molar-refractivity contribution in [1.29, 1.82) is 0 Å². The lowest BCUT2D eigenvalue weighted by molar-refractivity contribution is -0.150. The van der Waals surface area contributed by atoms with Gasteiger partial charge in [0.15, 0.2) is 0 Å². The molecule has 3 amide bonds. The number of hydrogen-bond acceptors (Lipinski definition) is 7. The van der Waals surface area contributed by atoms with Crippen molar-refractivity contribution in [2.24, 2.45) is 10.8 Å². The third-order valence-corrected chi connectivity index (χ3v) is 8.21. The normalized spacial score (nSPS) is 25.9. The molecule has 4 rings (SSSR count). The van der Waals surface area contributed by atoms with Crippen molar-refractivity contribution in [3.63, 3.8) is 0 Å². The summed E-state index contributed by atoms with van der Waals surface area (Å²) in [5.74, 6) is -1.14. The fourth-order valence-electron chi connectivity index (χ4n) is 5.46. The number of ether oxygens (including phenoxy) is 3. The van der Waals surface area contributed by atoms with Gasteiger partial charge in [0.2, 0.25) is 5.91 Å². The number of cyclic esters (lactones) is 1. The first-order valence-electron chi connectivity index (χ1n) is 14.0. The summed E-state index contributed by atoms with van der Waals surface area (Å²) < 4.78 is 17.3. The highest BCUT2D eigenvalue weighted by atomic mass is 35.5. The number of carbonyl (C=O) groups is 4. The van der Waals surface area contributed by atoms with Crippen LogP contribution in [0.3, 0.4) is 0 Å². The topological polar surface area (TPSA) is 135 Å². The number of amides is 3. The van der Waals surface area contributed by atoms with Crippen LogP contribution in [0.4, 0.5) is 9.59 Å². The Morgan fingerprint density at radius 1 is 1.10 bits per heavy atom. The highest BCUT2D eigenvalue weighted by Gasteiger charge is 2.47. The largest absolute Gasteiger partial charge is 0.493 e. The molecule has 2 N–H and O–H groups in total. The van der Waals surface area contributed by atoms with Gasteiger partial charge in [0.25, 0.3) is 0 Å². The molecule has 3 atom stereocenters. The fraction of sp³-hybridized carbons (Fsp3) is 0.655. The van der Waals surface area contributed by atoms with Gasteiger partial charge in [0.1, 0.15) is 23.9 Å². The van der Waals surface area contributed by atoms with Crippen LogP contribution < -0.4 is 10.1 Å². The van der Waals surface area contributed by atoms with E-state index in [0.717, 1.165) is 30.4 Å². The first-order valence-corrected chi connectivity index (χ1v) is 14.4. The van der Waals surface area contributed by atoms with Crippen LogP contribution in [0.5, 0.6) is 5.75 Å². The van der Waals surface area contributed by atoms with Crippen LogP contribution in [0.15, 0.2) is 12.1 Å². The Labute approximate surface area is 245 Å². The van der Waals surface area contributed by atoms with Crippen molar-refractivity contribution < 1.29 is 38.5 Å². The minimum Gasteiger partial charge on any atom is -0.493 e. The minimum atomic E-state index is -1.22. The van der Waals surface area contributed by atoms with Crippen molar-refractivity contribution in [2.75, 3.05) is 19.8 Å². The molecule has 0 saturated carbocycles. The number of alkyl carbamates (subject to hydrolysis) is 1. The second-order valence-corrected chi connectivity index (χ2v) is 13.3. The Bertz CT molecular complexity index is 1200. The monoisotopic (exact) mass is 593 g/mol. The maximum atomic E-state index is 13.7. The van der Waals surface area contributed by atoms with E-state index < -0.39 is 47.7 Å². The maximum absolute atomic E-state index is 13.7. The molecule has 0 aliphatic carbocycles. The second-order valence-electron chi connectivity index (χ2n) is 12.9. The number of carboxylic acid groups (broad SMARTS) is 1. The summed E-state index contributed by atoms with van der Waals surface area (Å²) in [6, 6.07) is 1.27. The molecule has 11 nitrogen and oxygen atoms in total. The van der Waals surface area contributed by atoms with Gasteiger partial charge < -0.3 is 29.5 Å². The highest BCUT2D eigenvalue weighted by Crippen LogP contribution is 2.37. The van der Waals surface area contributed by atoms with Crippen LogP contribution in [0.1, 0.15) is 71.4 Å². The van der Waals surface area contributed by atoms with E-state index in [1.54, 1.807) is 32.9 Å². The Morgan fingerprint density at radius 2 is 1.80 bits per heavy atom. The Balaban J connectivity index is 1.61. The molecule has 12 heteroatoms. The van der Waals surface area contributed by atoms with Gasteiger partial charge in [-0.2, -0.15) is 0 Å². The molecule has 3 aliphatic heterocycles. The molecular formula is C29H40ClN3O8. The van der Waals surface area contributed by atoms with Crippen LogP contribution >= 0.6 is 11.6 Å². The molecule has 0 spiro atoms. The number of fused-ring (bicyclic) bond motifs is 3. The zero-order valence-electron chi connectivity index (χ0n) is 24.3. The molecule has 1 saturated heterocycles. The van der Waals surface area contributed by atoms with E-state index in [9.17, 15) is 24.3 Å². The smallest absolute Gasteiger partial charge is 0.410 e. The first kappa shape index (κ1) is 30.7. The Hall–Kier alpha value is -3.21. The highest BCUT2D eigenvalue weighted by molar-refractivity contribution is 6.31.